The quantitative estimate of drug-likeness (QED) is 0.667. The molecule has 2 heterocycles. The molecule has 136 valence electrons. The third-order valence-electron chi connectivity index (χ3n) is 4.53. The van der Waals surface area contributed by atoms with Crippen LogP contribution in [0, 0.1) is 0 Å². The maximum absolute atomic E-state index is 12.6. The number of anilines is 1. The largest absolute Gasteiger partial charge is 0.373 e. The van der Waals surface area contributed by atoms with E-state index in [1.165, 1.54) is 11.2 Å². The highest BCUT2D eigenvalue weighted by molar-refractivity contribution is 6.06. The lowest BCUT2D eigenvalue weighted by Gasteiger charge is -2.16. The van der Waals surface area contributed by atoms with E-state index < -0.39 is 6.04 Å². The third-order valence-corrected chi connectivity index (χ3v) is 4.53. The van der Waals surface area contributed by atoms with Crippen LogP contribution in [0.1, 0.15) is 12.0 Å². The van der Waals surface area contributed by atoms with E-state index in [2.05, 4.69) is 20.8 Å². The Hall–Kier alpha value is -3.55. The predicted octanol–water partition coefficient (Wildman–Crippen LogP) is 1.44. The smallest absolute Gasteiger partial charge is 0.252 e. The van der Waals surface area contributed by atoms with Crippen molar-refractivity contribution in [2.24, 2.45) is 0 Å². The van der Waals surface area contributed by atoms with E-state index in [0.29, 0.717) is 13.0 Å². The van der Waals surface area contributed by atoms with E-state index in [0.717, 1.165) is 16.9 Å². The summed E-state index contributed by atoms with van der Waals surface area (Å²) in [6, 6.07) is 16.6. The van der Waals surface area contributed by atoms with Gasteiger partial charge < -0.3 is 5.32 Å². The molecule has 2 aromatic carbocycles. The van der Waals surface area contributed by atoms with E-state index >= 15 is 0 Å². The summed E-state index contributed by atoms with van der Waals surface area (Å²) in [4.78, 5) is 26.2. The number of tetrazole rings is 1. The molecule has 8 heteroatoms. The van der Waals surface area contributed by atoms with Crippen LogP contribution in [0.25, 0.3) is 5.69 Å². The number of hydrogen-bond acceptors (Lipinski definition) is 6. The second kappa shape index (κ2) is 7.36. The Morgan fingerprint density at radius 3 is 2.52 bits per heavy atom. The second-order valence-corrected chi connectivity index (χ2v) is 6.32. The van der Waals surface area contributed by atoms with E-state index in [1.54, 1.807) is 4.68 Å². The molecule has 3 aromatic rings. The molecule has 1 atom stereocenters. The summed E-state index contributed by atoms with van der Waals surface area (Å²) in [6.45, 7) is 0.401. The first kappa shape index (κ1) is 16.9. The molecule has 0 aliphatic carbocycles. The maximum Gasteiger partial charge on any atom is 0.252 e. The zero-order valence-corrected chi connectivity index (χ0v) is 14.5. The number of aromatic nitrogens is 4. The van der Waals surface area contributed by atoms with Gasteiger partial charge in [0.05, 0.1) is 12.1 Å². The number of nitrogens with one attached hydrogen (secondary N) is 1. The summed E-state index contributed by atoms with van der Waals surface area (Å²) in [5.74, 6) is -0.320. The molecule has 1 aromatic heterocycles. The van der Waals surface area contributed by atoms with E-state index in [-0.39, 0.29) is 18.2 Å². The van der Waals surface area contributed by atoms with Crippen LogP contribution in [-0.4, -0.2) is 49.5 Å². The molecule has 1 aliphatic heterocycles. The lowest BCUT2D eigenvalue weighted by molar-refractivity contribution is -0.138. The lowest BCUT2D eigenvalue weighted by atomic mass is 10.1. The van der Waals surface area contributed by atoms with Crippen LogP contribution in [0.3, 0.4) is 0 Å². The molecule has 2 amide bonds. The summed E-state index contributed by atoms with van der Waals surface area (Å²) in [5.41, 5.74) is 2.68. The van der Waals surface area contributed by atoms with Crippen LogP contribution in [0.4, 0.5) is 5.69 Å². The van der Waals surface area contributed by atoms with Crippen LogP contribution in [0.2, 0.25) is 0 Å². The van der Waals surface area contributed by atoms with Crippen molar-refractivity contribution in [1.82, 2.24) is 25.1 Å². The van der Waals surface area contributed by atoms with Crippen LogP contribution in [0.15, 0.2) is 60.9 Å². The van der Waals surface area contributed by atoms with Gasteiger partial charge in [-0.1, -0.05) is 30.3 Å². The molecule has 1 N–H and O–H groups in total. The van der Waals surface area contributed by atoms with Crippen molar-refractivity contribution in [1.29, 1.82) is 0 Å². The SMILES string of the molecule is O=C1C[C@H](Nc2ccc(-n3cnnn3)cc2)C(=O)N1CCc1ccccc1. The molecule has 27 heavy (non-hydrogen) atoms. The van der Waals surface area contributed by atoms with Crippen LogP contribution >= 0.6 is 0 Å². The molecule has 0 saturated carbocycles. The fourth-order valence-corrected chi connectivity index (χ4v) is 3.11. The number of rotatable bonds is 6. The number of benzene rings is 2. The summed E-state index contributed by atoms with van der Waals surface area (Å²) in [5, 5.41) is 14.2. The number of nitrogens with zero attached hydrogens (tertiary/aromatic N) is 5. The van der Waals surface area contributed by atoms with Crippen molar-refractivity contribution < 1.29 is 9.59 Å². The van der Waals surface area contributed by atoms with Crippen molar-refractivity contribution in [3.63, 3.8) is 0 Å². The summed E-state index contributed by atoms with van der Waals surface area (Å²) in [7, 11) is 0. The van der Waals surface area contributed by atoms with E-state index in [4.69, 9.17) is 0 Å². The number of hydrogen-bond donors (Lipinski definition) is 1. The zero-order valence-electron chi connectivity index (χ0n) is 14.5. The maximum atomic E-state index is 12.6. The topological polar surface area (TPSA) is 93.0 Å². The summed E-state index contributed by atoms with van der Waals surface area (Å²) >= 11 is 0. The highest BCUT2D eigenvalue weighted by Gasteiger charge is 2.38. The summed E-state index contributed by atoms with van der Waals surface area (Å²) in [6.07, 6.45) is 2.33. The Labute approximate surface area is 155 Å². The van der Waals surface area contributed by atoms with Crippen molar-refractivity contribution >= 4 is 17.5 Å². The zero-order chi connectivity index (χ0) is 18.6. The molecule has 8 nitrogen and oxygen atoms in total. The number of carbonyl (C=O) groups excluding carboxylic acids is 2. The van der Waals surface area contributed by atoms with E-state index in [9.17, 15) is 9.59 Å². The van der Waals surface area contributed by atoms with Crippen molar-refractivity contribution in [3.8, 4) is 5.69 Å². The van der Waals surface area contributed by atoms with Gasteiger partial charge in [0.2, 0.25) is 5.91 Å². The molecule has 0 bridgehead atoms. The fourth-order valence-electron chi connectivity index (χ4n) is 3.11. The van der Waals surface area contributed by atoms with Gasteiger partial charge in [-0.2, -0.15) is 0 Å². The Kier molecular flexibility index (Phi) is 4.61. The number of carbonyl (C=O) groups is 2. The van der Waals surface area contributed by atoms with Gasteiger partial charge in [0.25, 0.3) is 5.91 Å². The minimum absolute atomic E-state index is 0.140. The van der Waals surface area contributed by atoms with Gasteiger partial charge in [-0.3, -0.25) is 14.5 Å². The van der Waals surface area contributed by atoms with Crippen molar-refractivity contribution in [3.05, 3.63) is 66.5 Å². The minimum atomic E-state index is -0.535. The molecule has 0 radical (unpaired) electrons. The minimum Gasteiger partial charge on any atom is -0.373 e. The van der Waals surface area contributed by atoms with Crippen LogP contribution in [-0.2, 0) is 16.0 Å². The molecular formula is C19H18N6O2. The van der Waals surface area contributed by atoms with Crippen LogP contribution < -0.4 is 5.32 Å². The standard InChI is InChI=1S/C19H18N6O2/c26-18-12-17(19(27)24(18)11-10-14-4-2-1-3-5-14)21-15-6-8-16(9-7-15)25-13-20-22-23-25/h1-9,13,17,21H,10-12H2/t17-/m0/s1. The first-order chi connectivity index (χ1) is 13.2. The Morgan fingerprint density at radius 1 is 1.04 bits per heavy atom. The van der Waals surface area contributed by atoms with E-state index in [1.807, 2.05) is 54.6 Å². The lowest BCUT2D eigenvalue weighted by Crippen LogP contribution is -2.36. The molecule has 1 fully saturated rings. The Balaban J connectivity index is 1.38. The third kappa shape index (κ3) is 3.69. The average molecular weight is 362 g/mol. The van der Waals surface area contributed by atoms with Crippen molar-refractivity contribution in [2.75, 3.05) is 11.9 Å². The number of likely N-dealkylation sites (tertiary alicyclic amines) is 1. The molecular weight excluding hydrogens is 344 g/mol. The highest BCUT2D eigenvalue weighted by atomic mass is 16.2. The molecule has 1 aliphatic rings. The molecule has 4 rings (SSSR count). The van der Waals surface area contributed by atoms with Gasteiger partial charge in [-0.15, -0.1) is 5.10 Å². The fraction of sp³-hybridized carbons (Fsp3) is 0.211. The molecule has 1 saturated heterocycles. The number of amides is 2. The average Bonchev–Trinajstić information content (AvgIpc) is 3.31. The van der Waals surface area contributed by atoms with Gasteiger partial charge in [0, 0.05) is 12.2 Å². The van der Waals surface area contributed by atoms with Gasteiger partial charge in [-0.25, -0.2) is 4.68 Å². The Morgan fingerprint density at radius 2 is 1.81 bits per heavy atom. The van der Waals surface area contributed by atoms with Crippen LogP contribution in [0.5, 0.6) is 0 Å². The summed E-state index contributed by atoms with van der Waals surface area (Å²) < 4.78 is 1.54. The first-order valence-corrected chi connectivity index (χ1v) is 8.69. The first-order valence-electron chi connectivity index (χ1n) is 8.69. The van der Waals surface area contributed by atoms with Gasteiger partial charge in [-0.05, 0) is 46.7 Å². The van der Waals surface area contributed by atoms with Gasteiger partial charge >= 0.3 is 0 Å². The molecule has 0 unspecified atom stereocenters. The molecule has 0 spiro atoms. The Bertz CT molecular complexity index is 925. The number of imide groups is 1. The second-order valence-electron chi connectivity index (χ2n) is 6.32. The predicted molar refractivity (Wildman–Crippen MR) is 98.0 cm³/mol. The monoisotopic (exact) mass is 362 g/mol. The highest BCUT2D eigenvalue weighted by Crippen LogP contribution is 2.20. The normalized spacial score (nSPS) is 16.7. The van der Waals surface area contributed by atoms with Crippen molar-refractivity contribution in [2.45, 2.75) is 18.9 Å². The van der Waals surface area contributed by atoms with Gasteiger partial charge in [0.1, 0.15) is 12.4 Å². The van der Waals surface area contributed by atoms with Gasteiger partial charge in [0.15, 0.2) is 0 Å².